The van der Waals surface area contributed by atoms with E-state index in [1.807, 2.05) is 13.8 Å². The number of hydrogen-bond acceptors (Lipinski definition) is 6. The maximum atomic E-state index is 11.9. The molecule has 124 valence electrons. The number of hydrogen-bond donors (Lipinski definition) is 0. The summed E-state index contributed by atoms with van der Waals surface area (Å²) >= 11 is 0. The fraction of sp³-hybridized carbons (Fsp3) is 0.571. The minimum atomic E-state index is -3.32. The Labute approximate surface area is 131 Å². The number of carbonyl (C=O) groups excluding carboxylic acids is 1. The van der Waals surface area contributed by atoms with Crippen LogP contribution in [0, 0.1) is 0 Å². The number of carbonyl (C=O) groups is 1. The van der Waals surface area contributed by atoms with Crippen LogP contribution >= 0.6 is 0 Å². The lowest BCUT2D eigenvalue weighted by molar-refractivity contribution is -0.0387. The first kappa shape index (κ1) is 18.5. The van der Waals surface area contributed by atoms with E-state index in [-0.39, 0.29) is 19.3 Å². The predicted molar refractivity (Wildman–Crippen MR) is 82.0 cm³/mol. The van der Waals surface area contributed by atoms with E-state index in [1.165, 1.54) is 13.2 Å². The van der Waals surface area contributed by atoms with Crippen molar-refractivity contribution in [3.63, 3.8) is 0 Å². The highest BCUT2D eigenvalue weighted by molar-refractivity contribution is 7.88. The van der Waals surface area contributed by atoms with Gasteiger partial charge in [-0.3, -0.25) is 4.98 Å². The van der Waals surface area contributed by atoms with Crippen molar-refractivity contribution >= 4 is 16.0 Å². The minimum absolute atomic E-state index is 0.0359. The van der Waals surface area contributed by atoms with Crippen LogP contribution in [0.25, 0.3) is 0 Å². The van der Waals surface area contributed by atoms with E-state index in [0.717, 1.165) is 10.6 Å². The monoisotopic (exact) mass is 330 g/mol. The smallest absolute Gasteiger partial charge is 0.339 e. The lowest BCUT2D eigenvalue weighted by atomic mass is 10.3. The first-order valence-electron chi connectivity index (χ1n) is 6.84. The largest absolute Gasteiger partial charge is 0.459 e. The second-order valence-electron chi connectivity index (χ2n) is 5.19. The lowest BCUT2D eigenvalue weighted by Gasteiger charge is -2.24. The molecule has 0 aromatic carbocycles. The third kappa shape index (κ3) is 6.50. The second-order valence-corrected chi connectivity index (χ2v) is 7.28. The Hall–Kier alpha value is -1.51. The minimum Gasteiger partial charge on any atom is -0.459 e. The number of sulfonamides is 1. The van der Waals surface area contributed by atoms with Crippen molar-refractivity contribution < 1.29 is 22.7 Å². The molecule has 0 saturated heterocycles. The first-order chi connectivity index (χ1) is 10.2. The Morgan fingerprint density at radius 1 is 1.41 bits per heavy atom. The van der Waals surface area contributed by atoms with Crippen molar-refractivity contribution in [2.45, 2.75) is 26.1 Å². The van der Waals surface area contributed by atoms with Crippen molar-refractivity contribution in [1.82, 2.24) is 9.29 Å². The molecule has 0 unspecified atom stereocenters. The van der Waals surface area contributed by atoms with Gasteiger partial charge in [0.25, 0.3) is 0 Å². The zero-order valence-corrected chi connectivity index (χ0v) is 14.0. The van der Waals surface area contributed by atoms with Gasteiger partial charge < -0.3 is 9.47 Å². The standard InChI is InChI=1S/C14H22N2O5S/c1-11(2)21-13(9-16(3)22(4,18)19)10-20-14(17)12-6-5-7-15-8-12/h5-8,11,13H,9-10H2,1-4H3/t13-/m0/s1. The fourth-order valence-corrected chi connectivity index (χ4v) is 2.11. The number of aromatic nitrogens is 1. The van der Waals surface area contributed by atoms with Crippen LogP contribution in [0.3, 0.4) is 0 Å². The molecule has 1 heterocycles. The number of ether oxygens (including phenoxy) is 2. The van der Waals surface area contributed by atoms with Gasteiger partial charge in [0.05, 0.1) is 17.9 Å². The van der Waals surface area contributed by atoms with E-state index in [2.05, 4.69) is 4.98 Å². The molecule has 1 atom stereocenters. The number of esters is 1. The van der Waals surface area contributed by atoms with Crippen LogP contribution in [0.15, 0.2) is 24.5 Å². The van der Waals surface area contributed by atoms with Gasteiger partial charge in [-0.25, -0.2) is 17.5 Å². The SMILES string of the molecule is CC(C)O[C@H](COC(=O)c1cccnc1)CN(C)S(C)(=O)=O. The summed E-state index contributed by atoms with van der Waals surface area (Å²) in [5, 5.41) is 0. The quantitative estimate of drug-likeness (QED) is 0.659. The van der Waals surface area contributed by atoms with Crippen LogP contribution < -0.4 is 0 Å². The van der Waals surface area contributed by atoms with E-state index in [4.69, 9.17) is 9.47 Å². The third-order valence-corrected chi connectivity index (χ3v) is 4.07. The fourth-order valence-electron chi connectivity index (χ4n) is 1.68. The van der Waals surface area contributed by atoms with E-state index >= 15 is 0 Å². The van der Waals surface area contributed by atoms with Crippen molar-refractivity contribution in [3.8, 4) is 0 Å². The molecule has 0 N–H and O–H groups in total. The van der Waals surface area contributed by atoms with Crippen LogP contribution in [-0.4, -0.2) is 62.3 Å². The molecule has 0 saturated carbocycles. The molecule has 1 aromatic heterocycles. The van der Waals surface area contributed by atoms with Crippen molar-refractivity contribution in [2.75, 3.05) is 26.5 Å². The molecule has 0 amide bonds. The van der Waals surface area contributed by atoms with Gasteiger partial charge in [0.15, 0.2) is 0 Å². The topological polar surface area (TPSA) is 85.8 Å². The predicted octanol–water partition coefficient (Wildman–Crippen LogP) is 0.923. The number of pyridine rings is 1. The lowest BCUT2D eigenvalue weighted by Crippen LogP contribution is -2.39. The van der Waals surface area contributed by atoms with Crippen LogP contribution in [0.4, 0.5) is 0 Å². The summed E-state index contributed by atoms with van der Waals surface area (Å²) < 4.78 is 34.9. The Kier molecular flexibility index (Phi) is 6.92. The number of rotatable bonds is 8. The highest BCUT2D eigenvalue weighted by atomic mass is 32.2. The van der Waals surface area contributed by atoms with Crippen LogP contribution in [-0.2, 0) is 19.5 Å². The normalized spacial score (nSPS) is 13.4. The van der Waals surface area contributed by atoms with Crippen molar-refractivity contribution in [1.29, 1.82) is 0 Å². The number of likely N-dealkylation sites (N-methyl/N-ethyl adjacent to an activating group) is 1. The molecule has 0 fully saturated rings. The van der Waals surface area contributed by atoms with Crippen LogP contribution in [0.2, 0.25) is 0 Å². The zero-order chi connectivity index (χ0) is 16.8. The summed E-state index contributed by atoms with van der Waals surface area (Å²) in [7, 11) is -1.87. The van der Waals surface area contributed by atoms with Gasteiger partial charge in [-0.2, -0.15) is 0 Å². The first-order valence-corrected chi connectivity index (χ1v) is 8.69. The van der Waals surface area contributed by atoms with Gasteiger partial charge >= 0.3 is 5.97 Å². The molecule has 7 nitrogen and oxygen atoms in total. The molecular weight excluding hydrogens is 308 g/mol. The van der Waals surface area contributed by atoms with E-state index in [1.54, 1.807) is 18.3 Å². The van der Waals surface area contributed by atoms with E-state index in [0.29, 0.717) is 5.56 Å². The molecule has 22 heavy (non-hydrogen) atoms. The third-order valence-electron chi connectivity index (χ3n) is 2.79. The molecule has 1 aromatic rings. The summed E-state index contributed by atoms with van der Waals surface area (Å²) in [5.41, 5.74) is 0.335. The molecule has 0 spiro atoms. The summed E-state index contributed by atoms with van der Waals surface area (Å²) in [5.74, 6) is -0.521. The highest BCUT2D eigenvalue weighted by Gasteiger charge is 2.21. The van der Waals surface area contributed by atoms with Gasteiger partial charge in [0, 0.05) is 26.0 Å². The summed E-state index contributed by atoms with van der Waals surface area (Å²) in [4.78, 5) is 15.7. The van der Waals surface area contributed by atoms with Crippen LogP contribution in [0.1, 0.15) is 24.2 Å². The van der Waals surface area contributed by atoms with Gasteiger partial charge in [0.1, 0.15) is 12.7 Å². The summed E-state index contributed by atoms with van der Waals surface area (Å²) in [6.07, 6.45) is 3.42. The Morgan fingerprint density at radius 3 is 2.59 bits per heavy atom. The van der Waals surface area contributed by atoms with Crippen molar-refractivity contribution in [2.24, 2.45) is 0 Å². The Morgan fingerprint density at radius 2 is 2.09 bits per heavy atom. The van der Waals surface area contributed by atoms with Gasteiger partial charge in [0.2, 0.25) is 10.0 Å². The van der Waals surface area contributed by atoms with E-state index in [9.17, 15) is 13.2 Å². The Balaban J connectivity index is 2.64. The van der Waals surface area contributed by atoms with Crippen molar-refractivity contribution in [3.05, 3.63) is 30.1 Å². The molecule has 8 heteroatoms. The van der Waals surface area contributed by atoms with Crippen LogP contribution in [0.5, 0.6) is 0 Å². The molecule has 0 aliphatic rings. The maximum absolute atomic E-state index is 11.9. The Bertz CT molecular complexity index is 574. The zero-order valence-electron chi connectivity index (χ0n) is 13.2. The van der Waals surface area contributed by atoms with Gasteiger partial charge in [-0.1, -0.05) is 0 Å². The van der Waals surface area contributed by atoms with Gasteiger partial charge in [-0.15, -0.1) is 0 Å². The molecule has 1 rings (SSSR count). The number of nitrogens with zero attached hydrogens (tertiary/aromatic N) is 2. The molecule has 0 aliphatic carbocycles. The molecular formula is C14H22N2O5S. The molecule has 0 radical (unpaired) electrons. The highest BCUT2D eigenvalue weighted by Crippen LogP contribution is 2.06. The molecule has 0 bridgehead atoms. The average Bonchev–Trinajstić information content (AvgIpc) is 2.43. The summed E-state index contributed by atoms with van der Waals surface area (Å²) in [6.45, 7) is 3.73. The van der Waals surface area contributed by atoms with E-state index < -0.39 is 22.1 Å². The summed E-state index contributed by atoms with van der Waals surface area (Å²) in [6, 6.07) is 3.23. The second kappa shape index (κ2) is 8.21. The van der Waals surface area contributed by atoms with Gasteiger partial charge in [-0.05, 0) is 26.0 Å². The average molecular weight is 330 g/mol. The maximum Gasteiger partial charge on any atom is 0.339 e. The molecule has 0 aliphatic heterocycles.